The molecule has 1 aromatic carbocycles. The van der Waals surface area contributed by atoms with Crippen LogP contribution in [0.4, 0.5) is 5.69 Å². The molecule has 2 rings (SSSR count). The summed E-state index contributed by atoms with van der Waals surface area (Å²) >= 11 is 0. The zero-order chi connectivity index (χ0) is 16.9. The standard InChI is InChI=1S/C15H21N3O4S/c1-12(19)13-2-4-14(5-3-13)17-15(20)6-11-23(21,22)18-9-7-16-8-10-18/h2-5,16H,6-11H2,1H3,(H,17,20). The van der Waals surface area contributed by atoms with Crippen LogP contribution in [-0.2, 0) is 14.8 Å². The topological polar surface area (TPSA) is 95.6 Å². The number of Topliss-reactive ketones (excluding diaryl/α,β-unsaturated/α-hetero) is 1. The van der Waals surface area contributed by atoms with Crippen LogP contribution in [0.5, 0.6) is 0 Å². The summed E-state index contributed by atoms with van der Waals surface area (Å²) in [5.41, 5.74) is 1.10. The van der Waals surface area contributed by atoms with E-state index in [-0.39, 0.29) is 23.9 Å². The Bertz CT molecular complexity index is 664. The molecule has 1 heterocycles. The quantitative estimate of drug-likeness (QED) is 0.734. The van der Waals surface area contributed by atoms with Crippen molar-refractivity contribution in [1.29, 1.82) is 0 Å². The summed E-state index contributed by atoms with van der Waals surface area (Å²) < 4.78 is 25.7. The van der Waals surface area contributed by atoms with Crippen LogP contribution in [0.1, 0.15) is 23.7 Å². The predicted molar refractivity (Wildman–Crippen MR) is 87.9 cm³/mol. The minimum atomic E-state index is -3.40. The van der Waals surface area contributed by atoms with Crippen LogP contribution in [0.2, 0.25) is 0 Å². The Hall–Kier alpha value is -1.77. The van der Waals surface area contributed by atoms with Crippen molar-refractivity contribution in [3.05, 3.63) is 29.8 Å². The molecule has 0 radical (unpaired) electrons. The highest BCUT2D eigenvalue weighted by Gasteiger charge is 2.24. The lowest BCUT2D eigenvalue weighted by molar-refractivity contribution is -0.115. The molecule has 23 heavy (non-hydrogen) atoms. The molecule has 0 saturated carbocycles. The van der Waals surface area contributed by atoms with Crippen LogP contribution in [0.25, 0.3) is 0 Å². The number of carbonyl (C=O) groups is 2. The summed E-state index contributed by atoms with van der Waals surface area (Å²) in [5, 5.41) is 5.73. The van der Waals surface area contributed by atoms with Gasteiger partial charge in [-0.1, -0.05) is 0 Å². The van der Waals surface area contributed by atoms with Crippen molar-refractivity contribution in [2.45, 2.75) is 13.3 Å². The van der Waals surface area contributed by atoms with Crippen molar-refractivity contribution in [2.75, 3.05) is 37.2 Å². The number of benzene rings is 1. The SMILES string of the molecule is CC(=O)c1ccc(NC(=O)CCS(=O)(=O)N2CCNCC2)cc1. The molecular formula is C15H21N3O4S. The predicted octanol–water partition coefficient (Wildman–Crippen LogP) is 0.453. The number of hydrogen-bond donors (Lipinski definition) is 2. The average Bonchev–Trinajstić information content (AvgIpc) is 2.54. The summed E-state index contributed by atoms with van der Waals surface area (Å²) in [7, 11) is -3.40. The third-order valence-corrected chi connectivity index (χ3v) is 5.50. The molecule has 1 amide bonds. The Morgan fingerprint density at radius 3 is 2.35 bits per heavy atom. The molecule has 1 aromatic rings. The monoisotopic (exact) mass is 339 g/mol. The normalized spacial score (nSPS) is 16.0. The van der Waals surface area contributed by atoms with Gasteiger partial charge in [0.2, 0.25) is 15.9 Å². The number of amides is 1. The molecular weight excluding hydrogens is 318 g/mol. The van der Waals surface area contributed by atoms with Crippen LogP contribution in [0.3, 0.4) is 0 Å². The molecule has 0 spiro atoms. The minimum Gasteiger partial charge on any atom is -0.326 e. The summed E-state index contributed by atoms with van der Waals surface area (Å²) in [6.07, 6.45) is -0.0965. The first-order chi connectivity index (χ1) is 10.9. The Morgan fingerprint density at radius 2 is 1.78 bits per heavy atom. The van der Waals surface area contributed by atoms with Gasteiger partial charge in [0.05, 0.1) is 5.75 Å². The van der Waals surface area contributed by atoms with Crippen molar-refractivity contribution >= 4 is 27.4 Å². The Kier molecular flexibility index (Phi) is 5.86. The fraction of sp³-hybridized carbons (Fsp3) is 0.467. The maximum absolute atomic E-state index is 12.1. The number of hydrogen-bond acceptors (Lipinski definition) is 5. The molecule has 0 unspecified atom stereocenters. The van der Waals surface area contributed by atoms with Gasteiger partial charge in [0.15, 0.2) is 5.78 Å². The molecule has 8 heteroatoms. The van der Waals surface area contributed by atoms with Crippen LogP contribution in [0, 0.1) is 0 Å². The number of anilines is 1. The lowest BCUT2D eigenvalue weighted by Crippen LogP contribution is -2.47. The highest BCUT2D eigenvalue weighted by atomic mass is 32.2. The van der Waals surface area contributed by atoms with E-state index in [4.69, 9.17) is 0 Å². The number of ketones is 1. The van der Waals surface area contributed by atoms with E-state index in [1.54, 1.807) is 24.3 Å². The van der Waals surface area contributed by atoms with E-state index in [0.717, 1.165) is 0 Å². The molecule has 126 valence electrons. The Labute approximate surface area is 136 Å². The molecule has 0 aliphatic carbocycles. The zero-order valence-electron chi connectivity index (χ0n) is 13.0. The van der Waals surface area contributed by atoms with Crippen molar-refractivity contribution in [2.24, 2.45) is 0 Å². The molecule has 0 bridgehead atoms. The molecule has 0 atom stereocenters. The smallest absolute Gasteiger partial charge is 0.225 e. The van der Waals surface area contributed by atoms with Gasteiger partial charge >= 0.3 is 0 Å². The van der Waals surface area contributed by atoms with E-state index < -0.39 is 10.0 Å². The number of nitrogens with zero attached hydrogens (tertiary/aromatic N) is 1. The van der Waals surface area contributed by atoms with E-state index in [0.29, 0.717) is 37.4 Å². The maximum Gasteiger partial charge on any atom is 0.225 e. The van der Waals surface area contributed by atoms with Crippen LogP contribution < -0.4 is 10.6 Å². The number of sulfonamides is 1. The van der Waals surface area contributed by atoms with Crippen LogP contribution in [-0.4, -0.2) is 56.3 Å². The summed E-state index contributed by atoms with van der Waals surface area (Å²) in [6, 6.07) is 6.49. The molecule has 7 nitrogen and oxygen atoms in total. The average molecular weight is 339 g/mol. The third kappa shape index (κ3) is 5.12. The molecule has 1 saturated heterocycles. The zero-order valence-corrected chi connectivity index (χ0v) is 13.9. The molecule has 2 N–H and O–H groups in total. The van der Waals surface area contributed by atoms with Crippen LogP contribution in [0.15, 0.2) is 24.3 Å². The van der Waals surface area contributed by atoms with Gasteiger partial charge in [0.1, 0.15) is 0 Å². The summed E-state index contributed by atoms with van der Waals surface area (Å²) in [4.78, 5) is 23.1. The van der Waals surface area contributed by atoms with E-state index in [2.05, 4.69) is 10.6 Å². The van der Waals surface area contributed by atoms with Gasteiger partial charge < -0.3 is 10.6 Å². The lowest BCUT2D eigenvalue weighted by Gasteiger charge is -2.26. The minimum absolute atomic E-state index is 0.0509. The van der Waals surface area contributed by atoms with E-state index in [1.807, 2.05) is 0 Å². The van der Waals surface area contributed by atoms with Gasteiger partial charge in [-0.15, -0.1) is 0 Å². The maximum atomic E-state index is 12.1. The summed E-state index contributed by atoms with van der Waals surface area (Å²) in [5.74, 6) is -0.617. The van der Waals surface area contributed by atoms with Gasteiger partial charge in [-0.05, 0) is 31.2 Å². The molecule has 0 aromatic heterocycles. The van der Waals surface area contributed by atoms with Crippen molar-refractivity contribution in [1.82, 2.24) is 9.62 Å². The fourth-order valence-electron chi connectivity index (χ4n) is 2.29. The van der Waals surface area contributed by atoms with Gasteiger partial charge in [-0.25, -0.2) is 8.42 Å². The first-order valence-corrected chi connectivity index (χ1v) is 9.09. The van der Waals surface area contributed by atoms with E-state index >= 15 is 0 Å². The number of rotatable bonds is 6. The van der Waals surface area contributed by atoms with Gasteiger partial charge in [-0.3, -0.25) is 9.59 Å². The Morgan fingerprint density at radius 1 is 1.17 bits per heavy atom. The number of carbonyl (C=O) groups excluding carboxylic acids is 2. The summed E-state index contributed by atoms with van der Waals surface area (Å²) in [6.45, 7) is 3.61. The van der Waals surface area contributed by atoms with Gasteiger partial charge in [0, 0.05) is 43.9 Å². The second kappa shape index (κ2) is 7.67. The fourth-order valence-corrected chi connectivity index (χ4v) is 3.73. The first-order valence-electron chi connectivity index (χ1n) is 7.48. The van der Waals surface area contributed by atoms with Gasteiger partial charge in [0.25, 0.3) is 0 Å². The third-order valence-electron chi connectivity index (χ3n) is 3.63. The van der Waals surface area contributed by atoms with Crippen molar-refractivity contribution < 1.29 is 18.0 Å². The second-order valence-electron chi connectivity index (χ2n) is 5.40. The lowest BCUT2D eigenvalue weighted by atomic mass is 10.1. The van der Waals surface area contributed by atoms with Crippen molar-refractivity contribution in [3.8, 4) is 0 Å². The van der Waals surface area contributed by atoms with E-state index in [9.17, 15) is 18.0 Å². The highest BCUT2D eigenvalue weighted by Crippen LogP contribution is 2.11. The first kappa shape index (κ1) is 17.6. The van der Waals surface area contributed by atoms with Gasteiger partial charge in [-0.2, -0.15) is 4.31 Å². The van der Waals surface area contributed by atoms with Crippen LogP contribution >= 0.6 is 0 Å². The van der Waals surface area contributed by atoms with Crippen molar-refractivity contribution in [3.63, 3.8) is 0 Å². The molecule has 1 aliphatic heterocycles. The number of piperazine rings is 1. The number of nitrogens with one attached hydrogen (secondary N) is 2. The molecule has 1 aliphatic rings. The molecule has 1 fully saturated rings. The highest BCUT2D eigenvalue weighted by molar-refractivity contribution is 7.89. The Balaban J connectivity index is 1.85. The second-order valence-corrected chi connectivity index (χ2v) is 7.49. The van der Waals surface area contributed by atoms with E-state index in [1.165, 1.54) is 11.2 Å². The largest absolute Gasteiger partial charge is 0.326 e.